The molecule has 1 atom stereocenters. The topological polar surface area (TPSA) is 109 Å². The molecule has 8 heteroatoms. The minimum absolute atomic E-state index is 0.0898. The van der Waals surface area contributed by atoms with Crippen molar-refractivity contribution in [2.75, 3.05) is 25.0 Å². The van der Waals surface area contributed by atoms with E-state index in [2.05, 4.69) is 15.7 Å². The third kappa shape index (κ3) is 3.93. The second kappa shape index (κ2) is 8.93. The van der Waals surface area contributed by atoms with Gasteiger partial charge in [0.2, 0.25) is 0 Å². The maximum Gasteiger partial charge on any atom is 0.334 e. The lowest BCUT2D eigenvalue weighted by Gasteiger charge is -2.23. The summed E-state index contributed by atoms with van der Waals surface area (Å²) >= 11 is 0. The number of anilines is 1. The Hall–Kier alpha value is -3.68. The summed E-state index contributed by atoms with van der Waals surface area (Å²) in [5.41, 5.74) is 4.55. The Labute approximate surface area is 198 Å². The van der Waals surface area contributed by atoms with Gasteiger partial charge in [0.15, 0.2) is 6.17 Å². The average Bonchev–Trinajstić information content (AvgIpc) is 3.49. The van der Waals surface area contributed by atoms with Crippen molar-refractivity contribution in [3.05, 3.63) is 59.2 Å². The Morgan fingerprint density at radius 1 is 1.12 bits per heavy atom. The molecule has 1 unspecified atom stereocenters. The number of nitrogens with two attached hydrogens (primary N) is 1. The van der Waals surface area contributed by atoms with Crippen molar-refractivity contribution in [3.8, 4) is 11.1 Å². The van der Waals surface area contributed by atoms with Crippen LogP contribution >= 0.6 is 0 Å². The highest BCUT2D eigenvalue weighted by Gasteiger charge is 2.56. The van der Waals surface area contributed by atoms with Gasteiger partial charge in [-0.05, 0) is 79.6 Å². The molecule has 2 aromatic carbocycles. The first-order valence-electron chi connectivity index (χ1n) is 11.9. The van der Waals surface area contributed by atoms with Gasteiger partial charge in [0, 0.05) is 35.3 Å². The lowest BCUT2D eigenvalue weighted by Crippen LogP contribution is -2.32. The molecule has 176 valence electrons. The molecule has 1 saturated heterocycles. The Kier molecular flexibility index (Phi) is 5.81. The summed E-state index contributed by atoms with van der Waals surface area (Å²) in [4.78, 5) is 27.5. The molecule has 2 heterocycles. The van der Waals surface area contributed by atoms with Crippen LogP contribution in [-0.2, 0) is 9.53 Å². The molecular formula is C26H29N5O3. The van der Waals surface area contributed by atoms with Crippen LogP contribution in [-0.4, -0.2) is 42.6 Å². The Balaban J connectivity index is 1.48. The molecule has 1 amide bonds. The summed E-state index contributed by atoms with van der Waals surface area (Å²) in [6.07, 6.45) is 5.24. The van der Waals surface area contributed by atoms with Crippen LogP contribution in [0.5, 0.6) is 0 Å². The summed E-state index contributed by atoms with van der Waals surface area (Å²) in [6.45, 7) is 3.77. The number of nitrogens with one attached hydrogen (secondary N) is 1. The second-order valence-electron chi connectivity index (χ2n) is 9.09. The third-order valence-electron chi connectivity index (χ3n) is 7.03. The van der Waals surface area contributed by atoms with Crippen molar-refractivity contribution < 1.29 is 14.3 Å². The number of hydrogen-bond acceptors (Lipinski definition) is 6. The second-order valence-corrected chi connectivity index (χ2v) is 9.09. The lowest BCUT2D eigenvalue weighted by molar-refractivity contribution is -0.139. The van der Waals surface area contributed by atoms with Crippen molar-refractivity contribution in [2.24, 2.45) is 21.6 Å². The molecule has 0 aromatic heterocycles. The van der Waals surface area contributed by atoms with Gasteiger partial charge >= 0.3 is 5.97 Å². The van der Waals surface area contributed by atoms with E-state index < -0.39 is 11.6 Å². The van der Waals surface area contributed by atoms with Crippen LogP contribution in [0.1, 0.15) is 48.5 Å². The van der Waals surface area contributed by atoms with Crippen LogP contribution in [0.25, 0.3) is 17.2 Å². The monoisotopic (exact) mass is 459 g/mol. The largest absolute Gasteiger partial charge is 0.463 e. The van der Waals surface area contributed by atoms with Crippen LogP contribution in [0.3, 0.4) is 0 Å². The van der Waals surface area contributed by atoms with Gasteiger partial charge in [-0.2, -0.15) is 0 Å². The molecule has 0 bridgehead atoms. The average molecular weight is 460 g/mol. The highest BCUT2D eigenvalue weighted by molar-refractivity contribution is 5.98. The van der Waals surface area contributed by atoms with Crippen molar-refractivity contribution in [3.63, 3.8) is 0 Å². The number of likely N-dealkylation sites (tertiary alicyclic amines) is 1. The van der Waals surface area contributed by atoms with Crippen molar-refractivity contribution in [2.45, 2.75) is 38.8 Å². The molecule has 3 aliphatic rings. The van der Waals surface area contributed by atoms with Gasteiger partial charge in [0.1, 0.15) is 0 Å². The molecule has 0 radical (unpaired) electrons. The minimum Gasteiger partial charge on any atom is -0.463 e. The molecule has 2 fully saturated rings. The van der Waals surface area contributed by atoms with Gasteiger partial charge in [-0.1, -0.05) is 23.4 Å². The fourth-order valence-corrected chi connectivity index (χ4v) is 4.99. The van der Waals surface area contributed by atoms with Gasteiger partial charge in [-0.25, -0.2) is 4.79 Å². The summed E-state index contributed by atoms with van der Waals surface area (Å²) in [5, 5.41) is 11.1. The van der Waals surface area contributed by atoms with Crippen molar-refractivity contribution in [1.82, 2.24) is 4.90 Å². The molecule has 3 N–H and O–H groups in total. The smallest absolute Gasteiger partial charge is 0.334 e. The van der Waals surface area contributed by atoms with Crippen LogP contribution < -0.4 is 11.2 Å². The number of rotatable bonds is 5. The van der Waals surface area contributed by atoms with E-state index in [1.54, 1.807) is 6.92 Å². The first-order chi connectivity index (χ1) is 16.6. The van der Waals surface area contributed by atoms with Gasteiger partial charge in [-0.15, -0.1) is 5.11 Å². The van der Waals surface area contributed by atoms with E-state index in [0.717, 1.165) is 61.2 Å². The quantitative estimate of drug-likeness (QED) is 0.298. The van der Waals surface area contributed by atoms with Gasteiger partial charge in [0.05, 0.1) is 6.61 Å². The standard InChI is InChI=1S/C26H29N5O3/c1-2-34-24(33)21-16-20-15-19(9-10-22(20)28-25(29-30-27)26(21)11-12-26)17-5-7-18(8-6-17)23(32)31-13-3-4-14-31/h5-10,15-16,25,28H,2-4,11-14H2,1H3,(H2,27,29). The van der Waals surface area contributed by atoms with E-state index in [1.807, 2.05) is 53.4 Å². The van der Waals surface area contributed by atoms with Gasteiger partial charge in [-0.3, -0.25) is 4.79 Å². The van der Waals surface area contributed by atoms with E-state index >= 15 is 0 Å². The summed E-state index contributed by atoms with van der Waals surface area (Å²) in [7, 11) is 0. The summed E-state index contributed by atoms with van der Waals surface area (Å²) in [6, 6.07) is 13.7. The molecule has 2 aliphatic heterocycles. The maximum atomic E-state index is 12.9. The predicted octanol–water partition coefficient (Wildman–Crippen LogP) is 4.39. The Bertz CT molecular complexity index is 1160. The number of benzene rings is 2. The first-order valence-corrected chi connectivity index (χ1v) is 11.9. The number of hydrogen-bond donors (Lipinski definition) is 2. The number of amides is 1. The third-order valence-corrected chi connectivity index (χ3v) is 7.03. The van der Waals surface area contributed by atoms with E-state index in [0.29, 0.717) is 17.7 Å². The molecule has 8 nitrogen and oxygen atoms in total. The molecule has 1 saturated carbocycles. The van der Waals surface area contributed by atoms with E-state index in [1.165, 1.54) is 0 Å². The number of nitrogens with zero attached hydrogens (tertiary/aromatic N) is 3. The zero-order valence-corrected chi connectivity index (χ0v) is 19.3. The highest BCUT2D eigenvalue weighted by Crippen LogP contribution is 2.58. The number of carbonyl (C=O) groups excluding carboxylic acids is 2. The zero-order chi connectivity index (χ0) is 23.7. The molecular weight excluding hydrogens is 430 g/mol. The number of esters is 1. The molecule has 1 aliphatic carbocycles. The zero-order valence-electron chi connectivity index (χ0n) is 19.3. The molecule has 1 spiro atoms. The lowest BCUT2D eigenvalue weighted by atomic mass is 9.91. The minimum atomic E-state index is -0.466. The maximum absolute atomic E-state index is 12.9. The predicted molar refractivity (Wildman–Crippen MR) is 130 cm³/mol. The van der Waals surface area contributed by atoms with E-state index in [9.17, 15) is 9.59 Å². The van der Waals surface area contributed by atoms with Crippen LogP contribution in [0.4, 0.5) is 5.69 Å². The molecule has 5 rings (SSSR count). The molecule has 2 aromatic rings. The summed E-state index contributed by atoms with van der Waals surface area (Å²) in [5.74, 6) is 5.15. The first kappa shape index (κ1) is 22.1. The van der Waals surface area contributed by atoms with Gasteiger partial charge in [0.25, 0.3) is 5.91 Å². The van der Waals surface area contributed by atoms with Crippen molar-refractivity contribution in [1.29, 1.82) is 0 Å². The van der Waals surface area contributed by atoms with Gasteiger partial charge < -0.3 is 20.8 Å². The fraction of sp³-hybridized carbons (Fsp3) is 0.385. The SMILES string of the molecule is CCOC(=O)C1=Cc2cc(-c3ccc(C(=O)N4CCCC4)cc3)ccc2NC(N=NN)C12CC2. The van der Waals surface area contributed by atoms with Crippen LogP contribution in [0.15, 0.2) is 58.4 Å². The molecule has 34 heavy (non-hydrogen) atoms. The summed E-state index contributed by atoms with van der Waals surface area (Å²) < 4.78 is 5.37. The van der Waals surface area contributed by atoms with Crippen LogP contribution in [0, 0.1) is 5.41 Å². The highest BCUT2D eigenvalue weighted by atomic mass is 16.5. The Morgan fingerprint density at radius 3 is 2.47 bits per heavy atom. The van der Waals surface area contributed by atoms with E-state index in [-0.39, 0.29) is 11.9 Å². The number of fused-ring (bicyclic) bond motifs is 1. The normalized spacial score (nSPS) is 20.4. The van der Waals surface area contributed by atoms with E-state index in [4.69, 9.17) is 10.6 Å². The fourth-order valence-electron chi connectivity index (χ4n) is 4.99. The van der Waals surface area contributed by atoms with Crippen LogP contribution in [0.2, 0.25) is 0 Å². The number of carbonyl (C=O) groups is 2. The number of ether oxygens (including phenoxy) is 1. The van der Waals surface area contributed by atoms with Crippen molar-refractivity contribution >= 4 is 23.6 Å². The Morgan fingerprint density at radius 2 is 1.82 bits per heavy atom.